The first-order valence-corrected chi connectivity index (χ1v) is 5.43. The van der Waals surface area contributed by atoms with E-state index in [2.05, 4.69) is 46.0 Å². The Bertz CT molecular complexity index is 317. The van der Waals surface area contributed by atoms with Crippen molar-refractivity contribution in [3.05, 3.63) is 23.8 Å². The van der Waals surface area contributed by atoms with Crippen LogP contribution in [0.1, 0.15) is 33.3 Å². The van der Waals surface area contributed by atoms with Crippen molar-refractivity contribution in [2.75, 3.05) is 11.1 Å². The summed E-state index contributed by atoms with van der Waals surface area (Å²) in [5, 5.41) is 3.48. The molecule has 15 heavy (non-hydrogen) atoms. The van der Waals surface area contributed by atoms with E-state index in [-0.39, 0.29) is 5.41 Å². The molecular weight excluding hydrogens is 184 g/mol. The predicted molar refractivity (Wildman–Crippen MR) is 68.1 cm³/mol. The van der Waals surface area contributed by atoms with E-state index >= 15 is 0 Å². The number of hydrogen-bond donors (Lipinski definition) is 2. The van der Waals surface area contributed by atoms with Crippen molar-refractivity contribution >= 4 is 11.4 Å². The third-order valence-corrected chi connectivity index (χ3v) is 2.78. The topological polar surface area (TPSA) is 38.0 Å². The van der Waals surface area contributed by atoms with Crippen LogP contribution in [0.3, 0.4) is 0 Å². The van der Waals surface area contributed by atoms with Gasteiger partial charge in [-0.15, -0.1) is 0 Å². The van der Waals surface area contributed by atoms with E-state index in [1.165, 1.54) is 5.56 Å². The van der Waals surface area contributed by atoms with Gasteiger partial charge in [0, 0.05) is 17.4 Å². The number of aryl methyl sites for hydroxylation is 1. The van der Waals surface area contributed by atoms with Crippen LogP contribution in [0.4, 0.5) is 11.4 Å². The van der Waals surface area contributed by atoms with E-state index in [1.807, 2.05) is 12.1 Å². The second kappa shape index (κ2) is 4.13. The largest absolute Gasteiger partial charge is 0.399 e. The monoisotopic (exact) mass is 206 g/mol. The van der Waals surface area contributed by atoms with E-state index in [1.54, 1.807) is 0 Å². The lowest BCUT2D eigenvalue weighted by molar-refractivity contribution is 0.359. The van der Waals surface area contributed by atoms with Crippen LogP contribution in [-0.2, 0) is 0 Å². The molecule has 0 bridgehead atoms. The van der Waals surface area contributed by atoms with Crippen LogP contribution < -0.4 is 11.1 Å². The summed E-state index contributed by atoms with van der Waals surface area (Å²) < 4.78 is 0. The van der Waals surface area contributed by atoms with Crippen LogP contribution >= 0.6 is 0 Å². The SMILES string of the molecule is Cc1cc(N)cc(NC(C)C(C)(C)C)c1. The lowest BCUT2D eigenvalue weighted by atomic mass is 9.88. The van der Waals surface area contributed by atoms with Crippen LogP contribution in [0.5, 0.6) is 0 Å². The second-order valence-corrected chi connectivity index (χ2v) is 5.36. The van der Waals surface area contributed by atoms with Gasteiger partial charge in [0.05, 0.1) is 0 Å². The highest BCUT2D eigenvalue weighted by molar-refractivity contribution is 5.57. The third-order valence-electron chi connectivity index (χ3n) is 2.78. The van der Waals surface area contributed by atoms with Gasteiger partial charge < -0.3 is 11.1 Å². The minimum Gasteiger partial charge on any atom is -0.399 e. The van der Waals surface area contributed by atoms with Gasteiger partial charge in [0.2, 0.25) is 0 Å². The van der Waals surface area contributed by atoms with Crippen molar-refractivity contribution in [3.8, 4) is 0 Å². The van der Waals surface area contributed by atoms with Gasteiger partial charge in [-0.1, -0.05) is 20.8 Å². The first-order valence-electron chi connectivity index (χ1n) is 5.43. The summed E-state index contributed by atoms with van der Waals surface area (Å²) in [6.07, 6.45) is 0. The molecule has 2 heteroatoms. The Morgan fingerprint density at radius 1 is 1.20 bits per heavy atom. The summed E-state index contributed by atoms with van der Waals surface area (Å²) in [5.74, 6) is 0. The lowest BCUT2D eigenvalue weighted by Gasteiger charge is -2.29. The third kappa shape index (κ3) is 3.46. The highest BCUT2D eigenvalue weighted by atomic mass is 14.9. The smallest absolute Gasteiger partial charge is 0.0365 e. The summed E-state index contributed by atoms with van der Waals surface area (Å²) in [7, 11) is 0. The minimum absolute atomic E-state index is 0.249. The molecule has 84 valence electrons. The fourth-order valence-corrected chi connectivity index (χ4v) is 1.36. The van der Waals surface area contributed by atoms with E-state index < -0.39 is 0 Å². The molecule has 0 saturated carbocycles. The van der Waals surface area contributed by atoms with E-state index in [0.29, 0.717) is 6.04 Å². The number of nitrogens with two attached hydrogens (primary N) is 1. The molecule has 0 fully saturated rings. The van der Waals surface area contributed by atoms with Crippen molar-refractivity contribution in [1.29, 1.82) is 0 Å². The Kier molecular flexibility index (Phi) is 3.28. The van der Waals surface area contributed by atoms with Crippen LogP contribution in [0, 0.1) is 12.3 Å². The summed E-state index contributed by atoms with van der Waals surface area (Å²) in [4.78, 5) is 0. The molecule has 0 aliphatic rings. The van der Waals surface area contributed by atoms with E-state index in [4.69, 9.17) is 5.73 Å². The van der Waals surface area contributed by atoms with Crippen LogP contribution in [0.25, 0.3) is 0 Å². The number of benzene rings is 1. The van der Waals surface area contributed by atoms with Crippen LogP contribution in [0.15, 0.2) is 18.2 Å². The Labute approximate surface area is 92.9 Å². The van der Waals surface area contributed by atoms with Crippen LogP contribution in [-0.4, -0.2) is 6.04 Å². The molecule has 1 rings (SSSR count). The maximum Gasteiger partial charge on any atom is 0.0365 e. The highest BCUT2D eigenvalue weighted by Crippen LogP contribution is 2.24. The molecule has 0 saturated heterocycles. The standard InChI is InChI=1S/C13H22N2/c1-9-6-11(14)8-12(7-9)15-10(2)13(3,4)5/h6-8,10,15H,14H2,1-5H3. The molecule has 1 atom stereocenters. The number of rotatable bonds is 2. The lowest BCUT2D eigenvalue weighted by Crippen LogP contribution is -2.30. The molecule has 0 radical (unpaired) electrons. The molecule has 1 aromatic rings. The molecule has 2 nitrogen and oxygen atoms in total. The van der Waals surface area contributed by atoms with Gasteiger partial charge >= 0.3 is 0 Å². The van der Waals surface area contributed by atoms with E-state index in [9.17, 15) is 0 Å². The van der Waals surface area contributed by atoms with Gasteiger partial charge in [-0.05, 0) is 43.0 Å². The molecule has 3 N–H and O–H groups in total. The molecule has 0 spiro atoms. The fraction of sp³-hybridized carbons (Fsp3) is 0.538. The van der Waals surface area contributed by atoms with Crippen molar-refractivity contribution in [2.45, 2.75) is 40.7 Å². The van der Waals surface area contributed by atoms with E-state index in [0.717, 1.165) is 11.4 Å². The Balaban J connectivity index is 2.81. The van der Waals surface area contributed by atoms with Crippen molar-refractivity contribution in [2.24, 2.45) is 5.41 Å². The van der Waals surface area contributed by atoms with Crippen molar-refractivity contribution < 1.29 is 0 Å². The van der Waals surface area contributed by atoms with Gasteiger partial charge in [-0.25, -0.2) is 0 Å². The number of nitrogen functional groups attached to an aromatic ring is 1. The molecule has 0 amide bonds. The first-order chi connectivity index (χ1) is 6.79. The number of nitrogens with one attached hydrogen (secondary N) is 1. The number of anilines is 2. The molecular formula is C13H22N2. The maximum absolute atomic E-state index is 5.80. The average Bonchev–Trinajstić information content (AvgIpc) is 1.99. The molecule has 0 aromatic heterocycles. The second-order valence-electron chi connectivity index (χ2n) is 5.36. The quantitative estimate of drug-likeness (QED) is 0.728. The Morgan fingerprint density at radius 2 is 1.80 bits per heavy atom. The zero-order chi connectivity index (χ0) is 11.6. The fourth-order valence-electron chi connectivity index (χ4n) is 1.36. The molecule has 0 heterocycles. The first kappa shape index (κ1) is 11.9. The average molecular weight is 206 g/mol. The van der Waals surface area contributed by atoms with Gasteiger partial charge in [0.1, 0.15) is 0 Å². The van der Waals surface area contributed by atoms with Gasteiger partial charge in [-0.2, -0.15) is 0 Å². The van der Waals surface area contributed by atoms with Gasteiger partial charge in [0.25, 0.3) is 0 Å². The summed E-state index contributed by atoms with van der Waals surface area (Å²) >= 11 is 0. The summed E-state index contributed by atoms with van der Waals surface area (Å²) in [6.45, 7) is 10.9. The molecule has 1 aromatic carbocycles. The zero-order valence-electron chi connectivity index (χ0n) is 10.4. The summed E-state index contributed by atoms with van der Waals surface area (Å²) in [5.41, 5.74) is 9.17. The normalized spacial score (nSPS) is 13.7. The summed E-state index contributed by atoms with van der Waals surface area (Å²) in [6, 6.07) is 6.50. The van der Waals surface area contributed by atoms with Gasteiger partial charge in [0.15, 0.2) is 0 Å². The van der Waals surface area contributed by atoms with Crippen molar-refractivity contribution in [1.82, 2.24) is 0 Å². The molecule has 0 aliphatic heterocycles. The zero-order valence-corrected chi connectivity index (χ0v) is 10.4. The van der Waals surface area contributed by atoms with Crippen LogP contribution in [0.2, 0.25) is 0 Å². The highest BCUT2D eigenvalue weighted by Gasteiger charge is 2.19. The Morgan fingerprint density at radius 3 is 2.27 bits per heavy atom. The van der Waals surface area contributed by atoms with Gasteiger partial charge in [-0.3, -0.25) is 0 Å². The van der Waals surface area contributed by atoms with Crippen molar-refractivity contribution in [3.63, 3.8) is 0 Å². The minimum atomic E-state index is 0.249. The molecule has 1 unspecified atom stereocenters. The molecule has 0 aliphatic carbocycles. The maximum atomic E-state index is 5.80. The Hall–Kier alpha value is -1.18. The predicted octanol–water partition coefficient (Wildman–Crippen LogP) is 3.42. The number of hydrogen-bond acceptors (Lipinski definition) is 2.